The minimum Gasteiger partial charge on any atom is -0.345 e. The van der Waals surface area contributed by atoms with Gasteiger partial charge in [0.1, 0.15) is 4.90 Å². The molecule has 2 aromatic carbocycles. The van der Waals surface area contributed by atoms with Gasteiger partial charge in [-0.2, -0.15) is 0 Å². The van der Waals surface area contributed by atoms with Crippen LogP contribution in [0.3, 0.4) is 0 Å². The van der Waals surface area contributed by atoms with E-state index in [1.165, 1.54) is 30.3 Å². The Balaban J connectivity index is 1.50. The largest absolute Gasteiger partial charge is 0.345 e. The molecule has 0 saturated carbocycles. The minimum absolute atomic E-state index is 0.0336. The fourth-order valence-corrected chi connectivity index (χ4v) is 4.70. The molecule has 0 bridgehead atoms. The number of benzene rings is 2. The van der Waals surface area contributed by atoms with Crippen LogP contribution in [0.2, 0.25) is 10.0 Å². The Hall–Kier alpha value is -3.14. The van der Waals surface area contributed by atoms with Crippen molar-refractivity contribution in [1.29, 1.82) is 0 Å². The van der Waals surface area contributed by atoms with E-state index in [2.05, 4.69) is 20.2 Å². The number of nitrogens with zero attached hydrogens (tertiary/aromatic N) is 3. The number of amides is 1. The first-order valence-corrected chi connectivity index (χ1v) is 11.2. The summed E-state index contributed by atoms with van der Waals surface area (Å²) >= 11 is 11.9. The number of rotatable bonds is 6. The lowest BCUT2D eigenvalue weighted by Gasteiger charge is -2.11. The molecule has 0 spiro atoms. The van der Waals surface area contributed by atoms with E-state index in [1.54, 1.807) is 28.8 Å². The summed E-state index contributed by atoms with van der Waals surface area (Å²) in [7, 11) is -4.00. The summed E-state index contributed by atoms with van der Waals surface area (Å²) in [4.78, 5) is 12.4. The van der Waals surface area contributed by atoms with Crippen LogP contribution < -0.4 is 10.0 Å². The second-order valence-corrected chi connectivity index (χ2v) is 8.98. The van der Waals surface area contributed by atoms with Gasteiger partial charge in [-0.25, -0.2) is 8.42 Å². The molecule has 2 aromatic heterocycles. The molecule has 0 saturated heterocycles. The van der Waals surface area contributed by atoms with Gasteiger partial charge in [-0.3, -0.25) is 13.9 Å². The van der Waals surface area contributed by atoms with Gasteiger partial charge in [0.2, 0.25) is 0 Å². The Morgan fingerprint density at radius 3 is 2.68 bits per heavy atom. The molecule has 1 amide bonds. The van der Waals surface area contributed by atoms with E-state index >= 15 is 0 Å². The standard InChI is InChI=1S/C20H15Cl2N5O3S/c21-14-7-8-16(22)17(11-14)31(29,30)26-15-5-3-4-13(10-15)20(28)23-12-19-25-24-18-6-1-2-9-27(18)19/h1-11,26H,12H2,(H,23,28). The van der Waals surface area contributed by atoms with Gasteiger partial charge >= 0.3 is 0 Å². The minimum atomic E-state index is -4.00. The molecule has 31 heavy (non-hydrogen) atoms. The Bertz CT molecular complexity index is 1390. The van der Waals surface area contributed by atoms with E-state index < -0.39 is 15.9 Å². The van der Waals surface area contributed by atoms with Crippen LogP contribution in [0.25, 0.3) is 5.65 Å². The van der Waals surface area contributed by atoms with E-state index in [-0.39, 0.29) is 32.7 Å². The van der Waals surface area contributed by atoms with E-state index in [0.29, 0.717) is 11.5 Å². The first-order valence-electron chi connectivity index (χ1n) is 8.98. The molecule has 4 rings (SSSR count). The molecule has 8 nitrogen and oxygen atoms in total. The summed E-state index contributed by atoms with van der Waals surface area (Å²) in [5.74, 6) is 0.172. The van der Waals surface area contributed by atoms with Crippen molar-refractivity contribution < 1.29 is 13.2 Å². The SMILES string of the molecule is O=C(NCc1nnc2ccccn12)c1cccc(NS(=O)(=O)c2cc(Cl)ccc2Cl)c1. The van der Waals surface area contributed by atoms with Crippen LogP contribution in [-0.4, -0.2) is 28.9 Å². The lowest BCUT2D eigenvalue weighted by Crippen LogP contribution is -2.24. The molecular weight excluding hydrogens is 461 g/mol. The maximum atomic E-state index is 12.7. The third-order valence-corrected chi connectivity index (χ3v) is 6.45. The Kier molecular flexibility index (Phi) is 5.81. The van der Waals surface area contributed by atoms with Crippen LogP contribution >= 0.6 is 23.2 Å². The molecule has 158 valence electrons. The smallest absolute Gasteiger partial charge is 0.263 e. The van der Waals surface area contributed by atoms with Gasteiger partial charge in [0.05, 0.1) is 11.6 Å². The van der Waals surface area contributed by atoms with Crippen molar-refractivity contribution in [2.45, 2.75) is 11.4 Å². The van der Waals surface area contributed by atoms with Gasteiger partial charge in [0, 0.05) is 22.5 Å². The van der Waals surface area contributed by atoms with Crippen molar-refractivity contribution in [2.24, 2.45) is 0 Å². The molecule has 0 unspecified atom stereocenters. The van der Waals surface area contributed by atoms with E-state index in [1.807, 2.05) is 12.1 Å². The first-order chi connectivity index (χ1) is 14.8. The predicted molar refractivity (Wildman–Crippen MR) is 118 cm³/mol. The molecule has 0 radical (unpaired) electrons. The van der Waals surface area contributed by atoms with E-state index in [4.69, 9.17) is 23.2 Å². The van der Waals surface area contributed by atoms with Crippen LogP contribution in [-0.2, 0) is 16.6 Å². The third-order valence-electron chi connectivity index (χ3n) is 4.35. The highest BCUT2D eigenvalue weighted by atomic mass is 35.5. The highest BCUT2D eigenvalue weighted by Gasteiger charge is 2.19. The van der Waals surface area contributed by atoms with Crippen molar-refractivity contribution in [2.75, 3.05) is 4.72 Å². The molecule has 0 atom stereocenters. The van der Waals surface area contributed by atoms with Gasteiger partial charge in [-0.15, -0.1) is 10.2 Å². The zero-order valence-electron chi connectivity index (χ0n) is 15.8. The summed E-state index contributed by atoms with van der Waals surface area (Å²) in [5, 5.41) is 11.1. The molecule has 2 N–H and O–H groups in total. The first kappa shape index (κ1) is 21.1. The summed E-state index contributed by atoms with van der Waals surface area (Å²) in [6.07, 6.45) is 1.80. The van der Waals surface area contributed by atoms with Crippen molar-refractivity contribution in [3.05, 3.63) is 88.3 Å². The Labute approximate surface area is 187 Å². The quantitative estimate of drug-likeness (QED) is 0.441. The summed E-state index contributed by atoms with van der Waals surface area (Å²) < 4.78 is 29.6. The van der Waals surface area contributed by atoms with Crippen LogP contribution in [0.15, 0.2) is 71.8 Å². The predicted octanol–water partition coefficient (Wildman–Crippen LogP) is 3.77. The van der Waals surface area contributed by atoms with Crippen molar-refractivity contribution in [1.82, 2.24) is 19.9 Å². The summed E-state index contributed by atoms with van der Waals surface area (Å²) in [6.45, 7) is 0.151. The highest BCUT2D eigenvalue weighted by Crippen LogP contribution is 2.27. The summed E-state index contributed by atoms with van der Waals surface area (Å²) in [5.41, 5.74) is 1.14. The van der Waals surface area contributed by atoms with Crippen molar-refractivity contribution in [3.63, 3.8) is 0 Å². The van der Waals surface area contributed by atoms with E-state index in [9.17, 15) is 13.2 Å². The monoisotopic (exact) mass is 475 g/mol. The number of hydrogen-bond donors (Lipinski definition) is 2. The third kappa shape index (κ3) is 4.63. The van der Waals surface area contributed by atoms with Gasteiger partial charge < -0.3 is 5.32 Å². The van der Waals surface area contributed by atoms with Gasteiger partial charge in [-0.05, 0) is 48.5 Å². The van der Waals surface area contributed by atoms with Gasteiger partial charge in [0.25, 0.3) is 15.9 Å². The second-order valence-electron chi connectivity index (χ2n) is 6.49. The van der Waals surface area contributed by atoms with Crippen LogP contribution in [0.1, 0.15) is 16.2 Å². The molecule has 2 heterocycles. The number of sulfonamides is 1. The van der Waals surface area contributed by atoms with Gasteiger partial charge in [0.15, 0.2) is 11.5 Å². The average molecular weight is 476 g/mol. The zero-order chi connectivity index (χ0) is 22.0. The molecule has 11 heteroatoms. The number of carbonyl (C=O) groups excluding carboxylic acids is 1. The molecular formula is C20H15Cl2N5O3S. The topological polar surface area (TPSA) is 105 Å². The van der Waals surface area contributed by atoms with Crippen LogP contribution in [0.5, 0.6) is 0 Å². The number of halogens is 2. The number of pyridine rings is 1. The van der Waals surface area contributed by atoms with Crippen LogP contribution in [0.4, 0.5) is 5.69 Å². The average Bonchev–Trinajstić information content (AvgIpc) is 3.16. The fraction of sp³-hybridized carbons (Fsp3) is 0.0500. The number of fused-ring (bicyclic) bond motifs is 1. The van der Waals surface area contributed by atoms with E-state index in [0.717, 1.165) is 0 Å². The van der Waals surface area contributed by atoms with Crippen LogP contribution in [0, 0.1) is 0 Å². The molecule has 0 fully saturated rings. The molecule has 4 aromatic rings. The number of carbonyl (C=O) groups is 1. The molecule has 0 aliphatic heterocycles. The highest BCUT2D eigenvalue weighted by molar-refractivity contribution is 7.92. The Morgan fingerprint density at radius 1 is 1.00 bits per heavy atom. The molecule has 0 aliphatic carbocycles. The zero-order valence-corrected chi connectivity index (χ0v) is 18.1. The normalized spacial score (nSPS) is 11.4. The maximum Gasteiger partial charge on any atom is 0.263 e. The van der Waals surface area contributed by atoms with Crippen molar-refractivity contribution in [3.8, 4) is 0 Å². The maximum absolute atomic E-state index is 12.7. The summed E-state index contributed by atoms with van der Waals surface area (Å²) in [6, 6.07) is 15.7. The number of anilines is 1. The number of aromatic nitrogens is 3. The number of nitrogens with one attached hydrogen (secondary N) is 2. The van der Waals surface area contributed by atoms with Crippen molar-refractivity contribution >= 4 is 50.5 Å². The fourth-order valence-electron chi connectivity index (χ4n) is 2.89. The molecule has 0 aliphatic rings. The van der Waals surface area contributed by atoms with Gasteiger partial charge in [-0.1, -0.05) is 35.3 Å². The lowest BCUT2D eigenvalue weighted by molar-refractivity contribution is 0.0950. The number of hydrogen-bond acceptors (Lipinski definition) is 5. The Morgan fingerprint density at radius 2 is 1.84 bits per heavy atom. The second kappa shape index (κ2) is 8.54. The lowest BCUT2D eigenvalue weighted by atomic mass is 10.2.